The summed E-state index contributed by atoms with van der Waals surface area (Å²) < 4.78 is 12.6. The minimum atomic E-state index is -0.232. The van der Waals surface area contributed by atoms with Crippen LogP contribution < -0.4 is 9.47 Å². The minimum Gasteiger partial charge on any atom is -0.493 e. The Morgan fingerprint density at radius 1 is 1.09 bits per heavy atom. The van der Waals surface area contributed by atoms with Crippen LogP contribution in [-0.2, 0) is 11.3 Å². The predicted molar refractivity (Wildman–Crippen MR) is 126 cm³/mol. The number of carbonyl (C=O) groups excluding carboxylic acids is 1. The first-order chi connectivity index (χ1) is 16.1. The van der Waals surface area contributed by atoms with Gasteiger partial charge in [0.1, 0.15) is 11.6 Å². The summed E-state index contributed by atoms with van der Waals surface area (Å²) in [5.74, 6) is 0.962. The standard InChI is InChI=1S/C26H26N4O3/c1-32-23-11-10-20(15-24(23)33-2)25-22(14-21(16-27)26(31)29-12-6-7-13-29)18-30(28-25)17-19-8-4-3-5-9-19/h3-5,8-11,14-15,18H,6-7,12-13,17H2,1-2H3/b21-14+. The van der Waals surface area contributed by atoms with E-state index in [0.717, 1.165) is 24.0 Å². The van der Waals surface area contributed by atoms with E-state index < -0.39 is 0 Å². The fraction of sp³-hybridized carbons (Fsp3) is 0.269. The van der Waals surface area contributed by atoms with Crippen LogP contribution in [-0.4, -0.2) is 47.9 Å². The number of nitrogens with zero attached hydrogens (tertiary/aromatic N) is 4. The highest BCUT2D eigenvalue weighted by Gasteiger charge is 2.22. The summed E-state index contributed by atoms with van der Waals surface area (Å²) in [6.07, 6.45) is 5.45. The number of likely N-dealkylation sites (tertiary alicyclic amines) is 1. The second-order valence-electron chi connectivity index (χ2n) is 7.86. The summed E-state index contributed by atoms with van der Waals surface area (Å²) >= 11 is 0. The Bertz CT molecular complexity index is 1200. The summed E-state index contributed by atoms with van der Waals surface area (Å²) in [5.41, 5.74) is 3.37. The van der Waals surface area contributed by atoms with E-state index in [1.807, 2.05) is 59.4 Å². The van der Waals surface area contributed by atoms with E-state index >= 15 is 0 Å². The number of amides is 1. The molecule has 4 rings (SSSR count). The molecule has 1 saturated heterocycles. The number of methoxy groups -OCH3 is 2. The van der Waals surface area contributed by atoms with Crippen molar-refractivity contribution in [2.45, 2.75) is 19.4 Å². The topological polar surface area (TPSA) is 80.4 Å². The Morgan fingerprint density at radius 3 is 2.48 bits per heavy atom. The molecular formula is C26H26N4O3. The van der Waals surface area contributed by atoms with Crippen LogP contribution in [0.1, 0.15) is 24.0 Å². The predicted octanol–water partition coefficient (Wildman–Crippen LogP) is 4.14. The lowest BCUT2D eigenvalue weighted by Gasteiger charge is -2.14. The normalized spacial score (nSPS) is 13.6. The number of carbonyl (C=O) groups is 1. The van der Waals surface area contributed by atoms with Gasteiger partial charge in [0.05, 0.1) is 26.5 Å². The van der Waals surface area contributed by atoms with Gasteiger partial charge in [-0.3, -0.25) is 9.48 Å². The third-order valence-electron chi connectivity index (χ3n) is 5.68. The molecule has 1 fully saturated rings. The second-order valence-corrected chi connectivity index (χ2v) is 7.86. The number of ether oxygens (including phenoxy) is 2. The quantitative estimate of drug-likeness (QED) is 0.406. The largest absolute Gasteiger partial charge is 0.493 e. The highest BCUT2D eigenvalue weighted by Crippen LogP contribution is 2.34. The summed E-state index contributed by atoms with van der Waals surface area (Å²) in [6.45, 7) is 1.94. The zero-order valence-electron chi connectivity index (χ0n) is 18.8. The lowest BCUT2D eigenvalue weighted by atomic mass is 10.0. The van der Waals surface area contributed by atoms with E-state index in [1.54, 1.807) is 25.2 Å². The maximum Gasteiger partial charge on any atom is 0.264 e. The fourth-order valence-corrected chi connectivity index (χ4v) is 3.99. The van der Waals surface area contributed by atoms with Crippen LogP contribution in [0.2, 0.25) is 0 Å². The van der Waals surface area contributed by atoms with Crippen LogP contribution >= 0.6 is 0 Å². The van der Waals surface area contributed by atoms with Crippen molar-refractivity contribution >= 4 is 12.0 Å². The number of hydrogen-bond donors (Lipinski definition) is 0. The Kier molecular flexibility index (Phi) is 6.75. The van der Waals surface area contributed by atoms with Crippen LogP contribution in [0.15, 0.2) is 60.3 Å². The number of nitriles is 1. The molecule has 2 aromatic carbocycles. The molecule has 7 nitrogen and oxygen atoms in total. The molecule has 0 aliphatic carbocycles. The summed E-state index contributed by atoms with van der Waals surface area (Å²) in [4.78, 5) is 14.6. The van der Waals surface area contributed by atoms with Crippen molar-refractivity contribution in [2.75, 3.05) is 27.3 Å². The zero-order chi connectivity index (χ0) is 23.2. The van der Waals surface area contributed by atoms with E-state index in [-0.39, 0.29) is 11.5 Å². The maximum absolute atomic E-state index is 12.9. The van der Waals surface area contributed by atoms with Crippen molar-refractivity contribution in [1.82, 2.24) is 14.7 Å². The molecule has 2 heterocycles. The molecule has 0 N–H and O–H groups in total. The van der Waals surface area contributed by atoms with Gasteiger partial charge in [-0.2, -0.15) is 10.4 Å². The molecule has 0 radical (unpaired) electrons. The summed E-state index contributed by atoms with van der Waals surface area (Å²) in [7, 11) is 3.17. The molecule has 0 bridgehead atoms. The van der Waals surface area contributed by atoms with Crippen molar-refractivity contribution < 1.29 is 14.3 Å². The molecule has 0 atom stereocenters. The molecule has 33 heavy (non-hydrogen) atoms. The lowest BCUT2D eigenvalue weighted by Crippen LogP contribution is -2.28. The van der Waals surface area contributed by atoms with E-state index in [1.165, 1.54) is 0 Å². The Morgan fingerprint density at radius 2 is 1.82 bits per heavy atom. The smallest absolute Gasteiger partial charge is 0.264 e. The van der Waals surface area contributed by atoms with Gasteiger partial charge in [-0.1, -0.05) is 30.3 Å². The van der Waals surface area contributed by atoms with Crippen molar-refractivity contribution in [3.63, 3.8) is 0 Å². The Balaban J connectivity index is 1.77. The van der Waals surface area contributed by atoms with Gasteiger partial charge in [0.2, 0.25) is 0 Å². The fourth-order valence-electron chi connectivity index (χ4n) is 3.99. The van der Waals surface area contributed by atoms with E-state index in [4.69, 9.17) is 14.6 Å². The molecule has 168 valence electrons. The first kappa shape index (κ1) is 22.2. The van der Waals surface area contributed by atoms with Gasteiger partial charge >= 0.3 is 0 Å². The molecular weight excluding hydrogens is 416 g/mol. The molecule has 1 aliphatic heterocycles. The van der Waals surface area contributed by atoms with Gasteiger partial charge in [-0.25, -0.2) is 0 Å². The zero-order valence-corrected chi connectivity index (χ0v) is 18.8. The van der Waals surface area contributed by atoms with Crippen LogP contribution in [0.3, 0.4) is 0 Å². The Labute approximate surface area is 193 Å². The van der Waals surface area contributed by atoms with Gasteiger partial charge in [-0.05, 0) is 42.7 Å². The molecule has 7 heteroatoms. The van der Waals surface area contributed by atoms with Gasteiger partial charge < -0.3 is 14.4 Å². The second kappa shape index (κ2) is 10.0. The molecule has 1 aliphatic rings. The maximum atomic E-state index is 12.9. The van der Waals surface area contributed by atoms with Gasteiger partial charge in [0, 0.05) is 30.4 Å². The molecule has 0 unspecified atom stereocenters. The molecule has 3 aromatic rings. The monoisotopic (exact) mass is 442 g/mol. The van der Waals surface area contributed by atoms with E-state index in [2.05, 4.69) is 6.07 Å². The highest BCUT2D eigenvalue weighted by molar-refractivity contribution is 6.02. The molecule has 1 amide bonds. The van der Waals surface area contributed by atoms with Crippen LogP contribution in [0.4, 0.5) is 0 Å². The number of benzene rings is 2. The SMILES string of the molecule is COc1ccc(-c2nn(Cc3ccccc3)cc2/C=C(\C#N)C(=O)N2CCCC2)cc1OC. The van der Waals surface area contributed by atoms with Gasteiger partial charge in [-0.15, -0.1) is 0 Å². The lowest BCUT2D eigenvalue weighted by molar-refractivity contribution is -0.125. The van der Waals surface area contributed by atoms with Crippen molar-refractivity contribution in [1.29, 1.82) is 5.26 Å². The van der Waals surface area contributed by atoms with Crippen molar-refractivity contribution in [3.8, 4) is 28.8 Å². The van der Waals surface area contributed by atoms with Crippen LogP contribution in [0.5, 0.6) is 11.5 Å². The first-order valence-corrected chi connectivity index (χ1v) is 10.9. The minimum absolute atomic E-state index is 0.109. The van der Waals surface area contributed by atoms with Crippen molar-refractivity contribution in [2.24, 2.45) is 0 Å². The van der Waals surface area contributed by atoms with Crippen LogP contribution in [0, 0.1) is 11.3 Å². The molecule has 1 aromatic heterocycles. The first-order valence-electron chi connectivity index (χ1n) is 10.9. The summed E-state index contributed by atoms with van der Waals surface area (Å²) in [5, 5.41) is 14.5. The molecule has 0 spiro atoms. The van der Waals surface area contributed by atoms with Crippen LogP contribution in [0.25, 0.3) is 17.3 Å². The molecule has 0 saturated carbocycles. The number of hydrogen-bond acceptors (Lipinski definition) is 5. The highest BCUT2D eigenvalue weighted by atomic mass is 16.5. The third kappa shape index (κ3) is 4.90. The van der Waals surface area contributed by atoms with Crippen molar-refractivity contribution in [3.05, 3.63) is 71.4 Å². The third-order valence-corrected chi connectivity index (χ3v) is 5.68. The average molecular weight is 443 g/mol. The average Bonchev–Trinajstić information content (AvgIpc) is 3.53. The number of rotatable bonds is 7. The number of aromatic nitrogens is 2. The Hall–Kier alpha value is -4.05. The van der Waals surface area contributed by atoms with Gasteiger partial charge in [0.15, 0.2) is 11.5 Å². The van der Waals surface area contributed by atoms with E-state index in [9.17, 15) is 10.1 Å². The van der Waals surface area contributed by atoms with Gasteiger partial charge in [0.25, 0.3) is 5.91 Å². The summed E-state index contributed by atoms with van der Waals surface area (Å²) in [6, 6.07) is 17.7. The van der Waals surface area contributed by atoms with E-state index in [0.29, 0.717) is 42.4 Å².